The van der Waals surface area contributed by atoms with Gasteiger partial charge >= 0.3 is 5.97 Å². The second kappa shape index (κ2) is 12.7. The van der Waals surface area contributed by atoms with Crippen LogP contribution < -0.4 is 10.6 Å². The van der Waals surface area contributed by atoms with Crippen molar-refractivity contribution >= 4 is 34.7 Å². The minimum Gasteiger partial charge on any atom is -0.480 e. The van der Waals surface area contributed by atoms with Crippen molar-refractivity contribution in [3.05, 3.63) is 75.7 Å². The number of fused-ring (bicyclic) bond motifs is 1. The number of aliphatic carboxylic acids is 1. The SMILES string of the molecule is CC/C(=C\C1CC2(C)CCC12C)c1cnc(-c2ccc(C[C@H](NC(=O)c3ccc(C(C)(C)C)s3)C(=O)N[C@H](C)C(=O)O)cc2)nc1. The van der Waals surface area contributed by atoms with Gasteiger partial charge in [-0.15, -0.1) is 11.3 Å². The zero-order chi connectivity index (χ0) is 33.4. The predicted octanol–water partition coefficient (Wildman–Crippen LogP) is 7.05. The molecule has 3 unspecified atom stereocenters. The fourth-order valence-corrected chi connectivity index (χ4v) is 7.71. The van der Waals surface area contributed by atoms with Crippen LogP contribution in [-0.2, 0) is 21.4 Å². The number of nitrogens with one attached hydrogen (secondary N) is 2. The number of thiophene rings is 1. The number of carboxylic acids is 1. The molecule has 3 aromatic rings. The van der Waals surface area contributed by atoms with E-state index in [0.717, 1.165) is 28.0 Å². The molecule has 0 aliphatic heterocycles. The van der Waals surface area contributed by atoms with E-state index in [2.05, 4.69) is 68.2 Å². The lowest BCUT2D eigenvalue weighted by Gasteiger charge is -2.70. The van der Waals surface area contributed by atoms with Crippen LogP contribution in [0.4, 0.5) is 0 Å². The number of nitrogens with zero attached hydrogens (tertiary/aromatic N) is 2. The number of benzene rings is 1. The number of carbonyl (C=O) groups excluding carboxylic acids is 2. The van der Waals surface area contributed by atoms with Gasteiger partial charge in [0.05, 0.1) is 4.88 Å². The predicted molar refractivity (Wildman–Crippen MR) is 183 cm³/mol. The summed E-state index contributed by atoms with van der Waals surface area (Å²) in [6, 6.07) is 9.18. The fraction of sp³-hybridized carbons (Fsp3) is 0.486. The van der Waals surface area contributed by atoms with Gasteiger partial charge in [-0.1, -0.05) is 71.9 Å². The fourth-order valence-electron chi connectivity index (χ4n) is 6.74. The summed E-state index contributed by atoms with van der Waals surface area (Å²) in [6.07, 6.45) is 11.3. The summed E-state index contributed by atoms with van der Waals surface area (Å²) in [5.41, 5.74) is 4.82. The molecule has 2 amide bonds. The number of amides is 2. The molecular weight excluding hydrogens is 596 g/mol. The molecule has 2 heterocycles. The number of carbonyl (C=O) groups is 3. The van der Waals surface area contributed by atoms with Gasteiger partial charge in [0.1, 0.15) is 12.1 Å². The molecule has 0 saturated heterocycles. The molecule has 2 aliphatic rings. The molecule has 3 N–H and O–H groups in total. The Kier molecular flexibility index (Phi) is 9.28. The number of hydrogen-bond acceptors (Lipinski definition) is 6. The smallest absolute Gasteiger partial charge is 0.325 e. The molecular formula is C37H46N4O4S. The van der Waals surface area contributed by atoms with Crippen molar-refractivity contribution in [2.45, 2.75) is 98.1 Å². The van der Waals surface area contributed by atoms with Crippen LogP contribution in [0.1, 0.15) is 99.8 Å². The van der Waals surface area contributed by atoms with Crippen LogP contribution in [0.15, 0.2) is 54.9 Å². The first kappa shape index (κ1) is 33.5. The highest BCUT2D eigenvalue weighted by molar-refractivity contribution is 7.14. The molecule has 5 atom stereocenters. The minimum atomic E-state index is -1.15. The molecule has 1 aromatic carbocycles. The quantitative estimate of drug-likeness (QED) is 0.206. The van der Waals surface area contributed by atoms with E-state index in [0.29, 0.717) is 27.4 Å². The second-order valence-electron chi connectivity index (χ2n) is 14.5. The standard InChI is InChI=1S/C37H46N4O4S/c1-8-24(18-27-19-36(6)15-16-37(27,36)7)26-20-38-31(39-21-26)25-11-9-23(10-12-25)17-28(32(42)40-22(2)34(44)45)41-33(43)29-13-14-30(46-29)35(3,4)5/h9-14,18,20-22,27-28H,8,15-17,19H2,1-7H3,(H,40,42)(H,41,43)(H,44,45)/b24-18+/t22-,27?,28+,36?,37?/m1/s1. The van der Waals surface area contributed by atoms with E-state index in [1.165, 1.54) is 43.1 Å². The summed E-state index contributed by atoms with van der Waals surface area (Å²) in [5.74, 6) is -0.859. The van der Waals surface area contributed by atoms with Crippen molar-refractivity contribution in [3.63, 3.8) is 0 Å². The average molecular weight is 643 g/mol. The van der Waals surface area contributed by atoms with Gasteiger partial charge in [0, 0.05) is 34.8 Å². The van der Waals surface area contributed by atoms with E-state index in [-0.39, 0.29) is 17.7 Å². The highest BCUT2D eigenvalue weighted by atomic mass is 32.1. The molecule has 0 radical (unpaired) electrons. The molecule has 244 valence electrons. The van der Waals surface area contributed by atoms with E-state index < -0.39 is 24.0 Å². The van der Waals surface area contributed by atoms with E-state index in [4.69, 9.17) is 0 Å². The number of carboxylic acid groups (broad SMARTS) is 1. The van der Waals surface area contributed by atoms with Crippen molar-refractivity contribution in [2.75, 3.05) is 0 Å². The molecule has 46 heavy (non-hydrogen) atoms. The Morgan fingerprint density at radius 3 is 2.22 bits per heavy atom. The van der Waals surface area contributed by atoms with Crippen molar-refractivity contribution in [1.29, 1.82) is 0 Å². The zero-order valence-corrected chi connectivity index (χ0v) is 28.8. The maximum Gasteiger partial charge on any atom is 0.325 e. The van der Waals surface area contributed by atoms with Crippen LogP contribution >= 0.6 is 11.3 Å². The largest absolute Gasteiger partial charge is 0.480 e. The molecule has 2 saturated carbocycles. The summed E-state index contributed by atoms with van der Waals surface area (Å²) in [6.45, 7) is 14.7. The van der Waals surface area contributed by atoms with Crippen molar-refractivity contribution in [1.82, 2.24) is 20.6 Å². The Morgan fingerprint density at radius 1 is 1.04 bits per heavy atom. The minimum absolute atomic E-state index is 0.107. The molecule has 0 spiro atoms. The van der Waals surface area contributed by atoms with Crippen molar-refractivity contribution < 1.29 is 19.5 Å². The first-order valence-corrected chi connectivity index (χ1v) is 17.0. The zero-order valence-electron chi connectivity index (χ0n) is 27.9. The summed E-state index contributed by atoms with van der Waals surface area (Å²) < 4.78 is 0. The molecule has 0 bridgehead atoms. The lowest BCUT2D eigenvalue weighted by molar-refractivity contribution is -0.189. The lowest BCUT2D eigenvalue weighted by atomic mass is 9.35. The van der Waals surface area contributed by atoms with Gasteiger partial charge in [-0.3, -0.25) is 14.4 Å². The Morgan fingerprint density at radius 2 is 1.72 bits per heavy atom. The molecule has 2 fully saturated rings. The van der Waals surface area contributed by atoms with Crippen LogP contribution in [0, 0.1) is 16.7 Å². The third-order valence-corrected chi connectivity index (χ3v) is 12.0. The Labute approximate surface area is 276 Å². The van der Waals surface area contributed by atoms with E-state index in [9.17, 15) is 19.5 Å². The monoisotopic (exact) mass is 642 g/mol. The molecule has 2 aromatic heterocycles. The lowest BCUT2D eigenvalue weighted by Crippen LogP contribution is -2.61. The first-order valence-electron chi connectivity index (χ1n) is 16.2. The van der Waals surface area contributed by atoms with E-state index in [1.54, 1.807) is 6.07 Å². The highest BCUT2D eigenvalue weighted by Gasteiger charge is 2.64. The van der Waals surface area contributed by atoms with Crippen molar-refractivity contribution in [3.8, 4) is 11.4 Å². The highest BCUT2D eigenvalue weighted by Crippen LogP contribution is 2.73. The van der Waals surface area contributed by atoms with Gasteiger partial charge in [0.15, 0.2) is 5.82 Å². The molecule has 2 aliphatic carbocycles. The summed E-state index contributed by atoms with van der Waals surface area (Å²) in [4.78, 5) is 48.6. The Hall–Kier alpha value is -3.85. The van der Waals surface area contributed by atoms with Gasteiger partial charge in [-0.2, -0.15) is 0 Å². The number of allylic oxidation sites excluding steroid dienone is 2. The summed E-state index contributed by atoms with van der Waals surface area (Å²) in [7, 11) is 0. The van der Waals surface area contributed by atoms with Crippen LogP contribution in [0.5, 0.6) is 0 Å². The van der Waals surface area contributed by atoms with Gasteiger partial charge in [0.25, 0.3) is 5.91 Å². The van der Waals surface area contributed by atoms with Gasteiger partial charge < -0.3 is 15.7 Å². The van der Waals surface area contributed by atoms with E-state index in [1.807, 2.05) is 42.7 Å². The molecule has 9 heteroatoms. The third kappa shape index (κ3) is 6.66. The first-order chi connectivity index (χ1) is 21.6. The van der Waals surface area contributed by atoms with Gasteiger partial charge in [-0.05, 0) is 78.0 Å². The Bertz CT molecular complexity index is 1640. The van der Waals surface area contributed by atoms with Crippen molar-refractivity contribution in [2.24, 2.45) is 16.7 Å². The summed E-state index contributed by atoms with van der Waals surface area (Å²) >= 11 is 1.38. The van der Waals surface area contributed by atoms with Gasteiger partial charge in [0.2, 0.25) is 5.91 Å². The topological polar surface area (TPSA) is 121 Å². The number of aromatic nitrogens is 2. The maximum absolute atomic E-state index is 13.2. The van der Waals surface area contributed by atoms with Crippen LogP contribution in [-0.4, -0.2) is 44.9 Å². The van der Waals surface area contributed by atoms with Crippen LogP contribution in [0.2, 0.25) is 0 Å². The Balaban J connectivity index is 1.28. The summed E-state index contributed by atoms with van der Waals surface area (Å²) in [5, 5.41) is 14.6. The molecule has 5 rings (SSSR count). The maximum atomic E-state index is 13.2. The third-order valence-electron chi connectivity index (χ3n) is 10.4. The normalized spacial score (nSPS) is 23.7. The van der Waals surface area contributed by atoms with E-state index >= 15 is 0 Å². The number of hydrogen-bond donors (Lipinski definition) is 3. The average Bonchev–Trinajstić information content (AvgIpc) is 3.54. The van der Waals surface area contributed by atoms with Crippen LogP contribution in [0.3, 0.4) is 0 Å². The van der Waals surface area contributed by atoms with Gasteiger partial charge in [-0.25, -0.2) is 9.97 Å². The molecule has 8 nitrogen and oxygen atoms in total. The number of rotatable bonds is 11. The second-order valence-corrected chi connectivity index (χ2v) is 15.6. The van der Waals surface area contributed by atoms with Crippen LogP contribution in [0.25, 0.3) is 17.0 Å².